The monoisotopic (exact) mass is 154 g/mol. The highest BCUT2D eigenvalue weighted by Gasteiger charge is 2.11. The van der Waals surface area contributed by atoms with Gasteiger partial charge in [0.2, 0.25) is 0 Å². The molecule has 0 aromatic carbocycles. The van der Waals surface area contributed by atoms with E-state index in [9.17, 15) is 17.6 Å². The Morgan fingerprint density at radius 3 is 2.11 bits per heavy atom. The number of carbonyl (C=O) groups is 1. The lowest BCUT2D eigenvalue weighted by Crippen LogP contribution is -2.13. The Labute approximate surface area is 52.8 Å². The van der Waals surface area contributed by atoms with Gasteiger partial charge in [-0.15, -0.1) is 0 Å². The molecule has 0 atom stereocenters. The number of ketones is 1. The maximum atomic E-state index is 11.4. The van der Waals surface area contributed by atoms with E-state index in [-0.39, 0.29) is 0 Å². The molecule has 5 heteroatoms. The molecule has 0 aliphatic rings. The molecule has 9 heavy (non-hydrogen) atoms. The maximum Gasteiger partial charge on any atom is 0.191 e. The van der Waals surface area contributed by atoms with E-state index in [2.05, 4.69) is 0 Å². The van der Waals surface area contributed by atoms with E-state index in [1.165, 1.54) is 0 Å². The van der Waals surface area contributed by atoms with Crippen LogP contribution in [0.3, 0.4) is 0 Å². The highest BCUT2D eigenvalue weighted by Crippen LogP contribution is 1.90. The van der Waals surface area contributed by atoms with Crippen molar-refractivity contribution in [3.8, 4) is 0 Å². The maximum absolute atomic E-state index is 11.4. The SMILES string of the molecule is CC(=O)CS(=O)(=O)CF. The Balaban J connectivity index is 4.06. The zero-order valence-corrected chi connectivity index (χ0v) is 5.74. The highest BCUT2D eigenvalue weighted by molar-refractivity contribution is 7.91. The minimum atomic E-state index is -3.73. The van der Waals surface area contributed by atoms with E-state index in [0.717, 1.165) is 6.92 Å². The Hall–Kier alpha value is -0.450. The summed E-state index contributed by atoms with van der Waals surface area (Å²) < 4.78 is 31.8. The fourth-order valence-corrected chi connectivity index (χ4v) is 1.04. The molecule has 0 aliphatic heterocycles. The number of alkyl halides is 1. The summed E-state index contributed by atoms with van der Waals surface area (Å²) in [4.78, 5) is 10.1. The van der Waals surface area contributed by atoms with Crippen LogP contribution in [0, 0.1) is 0 Å². The van der Waals surface area contributed by atoms with Gasteiger partial charge in [0.25, 0.3) is 0 Å². The first-order valence-electron chi connectivity index (χ1n) is 2.24. The second-order valence-corrected chi connectivity index (χ2v) is 3.69. The van der Waals surface area contributed by atoms with Crippen LogP contribution in [0.1, 0.15) is 6.92 Å². The quantitative estimate of drug-likeness (QED) is 0.571. The number of sulfone groups is 1. The summed E-state index contributed by atoms with van der Waals surface area (Å²) in [5, 5.41) is 0. The minimum Gasteiger partial charge on any atom is -0.299 e. The molecule has 0 fully saturated rings. The molecule has 0 heterocycles. The van der Waals surface area contributed by atoms with Gasteiger partial charge in [0.1, 0.15) is 11.5 Å². The highest BCUT2D eigenvalue weighted by atomic mass is 32.2. The second-order valence-electron chi connectivity index (χ2n) is 1.70. The molecule has 0 aromatic rings. The van der Waals surface area contributed by atoms with Gasteiger partial charge >= 0.3 is 0 Å². The minimum absolute atomic E-state index is 0.535. The Morgan fingerprint density at radius 2 is 2.00 bits per heavy atom. The third-order valence-electron chi connectivity index (χ3n) is 0.589. The van der Waals surface area contributed by atoms with Crippen LogP contribution < -0.4 is 0 Å². The van der Waals surface area contributed by atoms with Gasteiger partial charge in [-0.25, -0.2) is 12.8 Å². The Kier molecular flexibility index (Phi) is 2.76. The van der Waals surface area contributed by atoms with Crippen LogP contribution in [0.2, 0.25) is 0 Å². The average Bonchev–Trinajstić information content (AvgIpc) is 1.63. The smallest absolute Gasteiger partial charge is 0.191 e. The summed E-state index contributed by atoms with van der Waals surface area (Å²) in [5.41, 5.74) is 0. The first-order valence-corrected chi connectivity index (χ1v) is 4.06. The average molecular weight is 154 g/mol. The van der Waals surface area contributed by atoms with Crippen molar-refractivity contribution in [3.05, 3.63) is 0 Å². The molecule has 0 aliphatic carbocycles. The molecule has 0 spiro atoms. The first-order chi connectivity index (χ1) is 3.98. The molecule has 0 aromatic heterocycles. The lowest BCUT2D eigenvalue weighted by Gasteiger charge is -1.91. The summed E-state index contributed by atoms with van der Waals surface area (Å²) >= 11 is 0. The fourth-order valence-electron chi connectivity index (χ4n) is 0.348. The number of halogens is 1. The Bertz CT molecular complexity index is 194. The summed E-state index contributed by atoms with van der Waals surface area (Å²) in [5.74, 6) is -1.23. The molecule has 0 rings (SSSR count). The lowest BCUT2D eigenvalue weighted by molar-refractivity contribution is -0.114. The van der Waals surface area contributed by atoms with Crippen LogP contribution in [0.4, 0.5) is 4.39 Å². The molecule has 0 radical (unpaired) electrons. The van der Waals surface area contributed by atoms with Gasteiger partial charge in [-0.2, -0.15) is 0 Å². The van der Waals surface area contributed by atoms with E-state index in [4.69, 9.17) is 0 Å². The predicted molar refractivity (Wildman–Crippen MR) is 30.4 cm³/mol. The van der Waals surface area contributed by atoms with Crippen molar-refractivity contribution in [3.63, 3.8) is 0 Å². The number of hydrogen-bond acceptors (Lipinski definition) is 3. The molecule has 0 saturated heterocycles. The van der Waals surface area contributed by atoms with Gasteiger partial charge in [0.05, 0.1) is 0 Å². The zero-order chi connectivity index (χ0) is 7.49. The van der Waals surface area contributed by atoms with Gasteiger partial charge in [0.15, 0.2) is 15.8 Å². The molecule has 0 saturated carbocycles. The number of rotatable bonds is 3. The second kappa shape index (κ2) is 2.91. The van der Waals surface area contributed by atoms with Crippen molar-refractivity contribution in [1.29, 1.82) is 0 Å². The zero-order valence-electron chi connectivity index (χ0n) is 4.93. The van der Waals surface area contributed by atoms with Crippen molar-refractivity contribution in [2.24, 2.45) is 0 Å². The summed E-state index contributed by atoms with van der Waals surface area (Å²) in [6.07, 6.45) is 0. The molecular formula is C4H7FO3S. The number of carbonyl (C=O) groups excluding carboxylic acids is 1. The van der Waals surface area contributed by atoms with Gasteiger partial charge in [-0.3, -0.25) is 4.79 Å². The van der Waals surface area contributed by atoms with Crippen molar-refractivity contribution in [2.45, 2.75) is 6.92 Å². The molecular weight excluding hydrogens is 147 g/mol. The normalized spacial score (nSPS) is 11.3. The molecule has 0 bridgehead atoms. The Morgan fingerprint density at radius 1 is 1.56 bits per heavy atom. The van der Waals surface area contributed by atoms with Crippen LogP contribution in [-0.2, 0) is 14.6 Å². The van der Waals surface area contributed by atoms with Crippen LogP contribution in [-0.4, -0.2) is 26.0 Å². The predicted octanol–water partition coefficient (Wildman–Crippen LogP) is -0.0828. The number of hydrogen-bond donors (Lipinski definition) is 0. The van der Waals surface area contributed by atoms with E-state index in [0.29, 0.717) is 0 Å². The third kappa shape index (κ3) is 4.08. The summed E-state index contributed by atoms with van der Waals surface area (Å²) in [6.45, 7) is 1.10. The first kappa shape index (κ1) is 8.55. The van der Waals surface area contributed by atoms with E-state index in [1.54, 1.807) is 0 Å². The van der Waals surface area contributed by atoms with Crippen molar-refractivity contribution < 1.29 is 17.6 Å². The van der Waals surface area contributed by atoms with Crippen LogP contribution in [0.15, 0.2) is 0 Å². The van der Waals surface area contributed by atoms with Gasteiger partial charge < -0.3 is 0 Å². The summed E-state index contributed by atoms with van der Waals surface area (Å²) in [6, 6.07) is -1.45. The lowest BCUT2D eigenvalue weighted by atomic mass is 10.5. The third-order valence-corrected chi connectivity index (χ3v) is 1.77. The van der Waals surface area contributed by atoms with Crippen molar-refractivity contribution in [1.82, 2.24) is 0 Å². The topological polar surface area (TPSA) is 51.2 Å². The van der Waals surface area contributed by atoms with Gasteiger partial charge in [-0.05, 0) is 6.92 Å². The van der Waals surface area contributed by atoms with Gasteiger partial charge in [-0.1, -0.05) is 0 Å². The molecule has 0 amide bonds. The standard InChI is InChI=1S/C4H7FO3S/c1-4(6)2-9(7,8)3-5/h2-3H2,1H3. The van der Waals surface area contributed by atoms with Crippen molar-refractivity contribution in [2.75, 3.05) is 11.8 Å². The van der Waals surface area contributed by atoms with Crippen LogP contribution in [0.5, 0.6) is 0 Å². The van der Waals surface area contributed by atoms with E-state index >= 15 is 0 Å². The molecule has 54 valence electrons. The number of Topliss-reactive ketones (excluding diaryl/α,β-unsaturated/α-hetero) is 1. The van der Waals surface area contributed by atoms with E-state index in [1.807, 2.05) is 0 Å². The van der Waals surface area contributed by atoms with Crippen LogP contribution in [0.25, 0.3) is 0 Å². The molecule has 0 N–H and O–H groups in total. The fraction of sp³-hybridized carbons (Fsp3) is 0.750. The van der Waals surface area contributed by atoms with Crippen LogP contribution >= 0.6 is 0 Å². The van der Waals surface area contributed by atoms with E-state index < -0.39 is 27.4 Å². The largest absolute Gasteiger partial charge is 0.299 e. The summed E-state index contributed by atoms with van der Waals surface area (Å²) in [7, 11) is -3.73. The molecule has 3 nitrogen and oxygen atoms in total. The van der Waals surface area contributed by atoms with Crippen molar-refractivity contribution >= 4 is 15.6 Å². The molecule has 0 unspecified atom stereocenters. The van der Waals surface area contributed by atoms with Gasteiger partial charge in [0, 0.05) is 0 Å².